The molecule has 0 aromatic carbocycles. The highest BCUT2D eigenvalue weighted by molar-refractivity contribution is 6.72. The Morgan fingerprint density at radius 1 is 0.339 bits per heavy atom. The van der Waals surface area contributed by atoms with Crippen molar-refractivity contribution in [1.82, 2.24) is 0 Å². The molecule has 1 aliphatic heterocycles. The van der Waals surface area contributed by atoms with Gasteiger partial charge >= 0.3 is 0 Å². The molecule has 0 N–H and O–H groups in total. The maximum absolute atomic E-state index is 7.68. The van der Waals surface area contributed by atoms with E-state index in [0.29, 0.717) is 6.61 Å². The minimum atomic E-state index is -2.29. The molecule has 0 amide bonds. The molecule has 2 aliphatic rings. The second kappa shape index (κ2) is 20.0. The molecule has 0 radical (unpaired) electrons. The van der Waals surface area contributed by atoms with Crippen LogP contribution in [-0.2, 0) is 49.6 Å². The van der Waals surface area contributed by atoms with E-state index in [1.54, 1.807) is 0 Å². The summed E-state index contributed by atoms with van der Waals surface area (Å²) in [5.41, 5.74) is -0.567. The largest absolute Gasteiger partial charge is 0.415 e. The van der Waals surface area contributed by atoms with Crippen molar-refractivity contribution in [2.24, 2.45) is 0 Å². The van der Waals surface area contributed by atoms with Gasteiger partial charge in [0.2, 0.25) is 0 Å². The lowest BCUT2D eigenvalue weighted by atomic mass is 9.84. The van der Waals surface area contributed by atoms with Crippen molar-refractivity contribution in [2.75, 3.05) is 6.61 Å². The first-order valence-corrected chi connectivity index (χ1v) is 49.5. The van der Waals surface area contributed by atoms with E-state index in [0.717, 1.165) is 0 Å². The summed E-state index contributed by atoms with van der Waals surface area (Å²) in [7, 11) is -17.6. The maximum Gasteiger partial charge on any atom is 0.186 e. The van der Waals surface area contributed by atoms with Crippen LogP contribution in [0, 0.1) is 0 Å². The van der Waals surface area contributed by atoms with Crippen molar-refractivity contribution in [2.45, 2.75) is 251 Å². The molecule has 0 aromatic heterocycles. The van der Waals surface area contributed by atoms with Gasteiger partial charge in [-0.15, -0.1) is 0 Å². The number of hydrogen-bond donors (Lipinski definition) is 0. The summed E-state index contributed by atoms with van der Waals surface area (Å²) in [4.78, 5) is 0. The van der Waals surface area contributed by atoms with Crippen LogP contribution in [0.3, 0.4) is 0 Å². The summed E-state index contributed by atoms with van der Waals surface area (Å²) < 4.78 is 79.8. The molecule has 0 spiro atoms. The quantitative estimate of drug-likeness (QED) is 0.109. The fourth-order valence-corrected chi connectivity index (χ4v) is 15.5. The minimum Gasteiger partial charge on any atom is -0.415 e. The molecule has 11 atom stereocenters. The average molecular weight is 976 g/mol. The lowest BCUT2D eigenvalue weighted by Crippen LogP contribution is -2.73. The molecule has 59 heavy (non-hydrogen) atoms. The van der Waals surface area contributed by atoms with E-state index in [-0.39, 0.29) is 0 Å². The summed E-state index contributed by atoms with van der Waals surface area (Å²) >= 11 is 0. The summed E-state index contributed by atoms with van der Waals surface area (Å²) in [5.74, 6) is 0. The third-order valence-corrected chi connectivity index (χ3v) is 16.3. The minimum absolute atomic E-state index is 0.353. The first-order chi connectivity index (χ1) is 25.8. The van der Waals surface area contributed by atoms with Crippen molar-refractivity contribution in [1.29, 1.82) is 0 Å². The van der Waals surface area contributed by atoms with Gasteiger partial charge in [-0.2, -0.15) is 0 Å². The molecule has 0 unspecified atom stereocenters. The molecule has 1 saturated heterocycles. The molecular weight excluding hydrogens is 881 g/mol. The Bertz CT molecular complexity index is 1260. The normalized spacial score (nSPS) is 31.5. The molecule has 19 heteroatoms. The lowest BCUT2D eigenvalue weighted by molar-refractivity contribution is -0.337. The van der Waals surface area contributed by atoms with Gasteiger partial charge in [0, 0.05) is 0 Å². The highest BCUT2D eigenvalue weighted by atomic mass is 28.4. The molecule has 2 rings (SSSR count). The molecule has 0 aromatic rings. The summed E-state index contributed by atoms with van der Waals surface area (Å²) in [6, 6.07) is 0. The SMILES string of the molecule is CC(C)(C)O[C@H]1[C@H](O[C@@H]2O[C@@H](CO[Si](C)(C)C)[C@@H](O[Si](C)(C)C)[C@@H](O[Si](C)(C)C)[C@@H]2O[Si](C)(C)C)[C@H](O[Si](C)(C)C)[C@H](O[Si](C)(C)C)[C@@H](O[Si](C)(C)C)[C@@H]1O[Si](C)(C)C. The zero-order valence-corrected chi connectivity index (χ0v) is 51.0. The molecule has 1 saturated carbocycles. The van der Waals surface area contributed by atoms with Crippen LogP contribution in [0.25, 0.3) is 0 Å². The summed E-state index contributed by atoms with van der Waals surface area (Å²) in [5, 5.41) is 0. The number of hydrogen-bond acceptors (Lipinski definition) is 11. The monoisotopic (exact) mass is 974 g/mol. The van der Waals surface area contributed by atoms with E-state index in [1.807, 2.05) is 0 Å². The van der Waals surface area contributed by atoms with Gasteiger partial charge in [-0.1, -0.05) is 0 Å². The Hall–Kier alpha value is 1.30. The van der Waals surface area contributed by atoms with Crippen LogP contribution in [0.5, 0.6) is 0 Å². The van der Waals surface area contributed by atoms with E-state index in [4.69, 9.17) is 49.6 Å². The molecule has 2 fully saturated rings. The lowest BCUT2D eigenvalue weighted by Gasteiger charge is -2.57. The third kappa shape index (κ3) is 21.4. The van der Waals surface area contributed by atoms with E-state index in [9.17, 15) is 0 Å². The Balaban J connectivity index is 3.13. The van der Waals surface area contributed by atoms with E-state index in [1.165, 1.54) is 0 Å². The van der Waals surface area contributed by atoms with Crippen LogP contribution in [0.1, 0.15) is 20.8 Å². The van der Waals surface area contributed by atoms with Crippen molar-refractivity contribution in [3.63, 3.8) is 0 Å². The van der Waals surface area contributed by atoms with Crippen LogP contribution in [0.15, 0.2) is 0 Å². The second-order valence-corrected chi connectivity index (χ2v) is 61.4. The molecule has 1 aliphatic carbocycles. The standard InChI is InChI=1S/C40H94O11Si8/c1-40(2,3)44-32-31(34(47-55(13,14)15)36(49-57(19,20)21)37(50-58(22,23)24)35(32)48-56(16,17)18)43-39-38(51-59(25,26)27)33(46-54(10,11)12)30(45-53(7,8)9)29(42-39)28-41-52(4,5)6/h29-39H,28H2,1-27H3/t29-,30+,31-,32-,33+,34-,35+,36-,37-,38-,39-/m0/s1. The van der Waals surface area contributed by atoms with Crippen LogP contribution in [-0.4, -0.2) is 146 Å². The second-order valence-electron chi connectivity index (χ2n) is 25.6. The van der Waals surface area contributed by atoms with Crippen LogP contribution in [0.4, 0.5) is 0 Å². The fourth-order valence-electron chi connectivity index (χ4n) is 7.22. The third-order valence-electron chi connectivity index (χ3n) is 8.42. The smallest absolute Gasteiger partial charge is 0.186 e. The molecule has 11 nitrogen and oxygen atoms in total. The fraction of sp³-hybridized carbons (Fsp3) is 1.00. The van der Waals surface area contributed by atoms with E-state index >= 15 is 0 Å². The zero-order valence-electron chi connectivity index (χ0n) is 43.0. The van der Waals surface area contributed by atoms with Gasteiger partial charge in [0.1, 0.15) is 61.0 Å². The van der Waals surface area contributed by atoms with E-state index in [2.05, 4.69) is 178 Å². The van der Waals surface area contributed by atoms with Gasteiger partial charge in [-0.05, 0) is 178 Å². The van der Waals surface area contributed by atoms with Crippen molar-refractivity contribution in [3.8, 4) is 0 Å². The van der Waals surface area contributed by atoms with Gasteiger partial charge in [0.05, 0.1) is 12.2 Å². The summed E-state index contributed by atoms with van der Waals surface area (Å²) in [6.45, 7) is 60.0. The first kappa shape index (κ1) is 56.4. The number of ether oxygens (including phenoxy) is 3. The predicted molar refractivity (Wildman–Crippen MR) is 265 cm³/mol. The van der Waals surface area contributed by atoms with Crippen molar-refractivity contribution < 1.29 is 49.6 Å². The summed E-state index contributed by atoms with van der Waals surface area (Å²) in [6.07, 6.45) is -6.17. The molecule has 352 valence electrons. The average Bonchev–Trinajstić information content (AvgIpc) is 2.90. The van der Waals surface area contributed by atoms with Crippen LogP contribution < -0.4 is 0 Å². The van der Waals surface area contributed by atoms with Gasteiger partial charge in [0.15, 0.2) is 72.8 Å². The van der Waals surface area contributed by atoms with Crippen LogP contribution >= 0.6 is 0 Å². The molecule has 1 heterocycles. The van der Waals surface area contributed by atoms with Crippen molar-refractivity contribution in [3.05, 3.63) is 0 Å². The highest BCUT2D eigenvalue weighted by Crippen LogP contribution is 2.43. The van der Waals surface area contributed by atoms with Crippen molar-refractivity contribution >= 4 is 66.5 Å². The first-order valence-electron chi connectivity index (χ1n) is 22.2. The Morgan fingerprint density at radius 3 is 0.915 bits per heavy atom. The van der Waals surface area contributed by atoms with E-state index < -0.39 is 139 Å². The highest BCUT2D eigenvalue weighted by Gasteiger charge is 2.61. The predicted octanol–water partition coefficient (Wildman–Crippen LogP) is 10.7. The van der Waals surface area contributed by atoms with Crippen LogP contribution in [0.2, 0.25) is 157 Å². The van der Waals surface area contributed by atoms with Gasteiger partial charge in [0.25, 0.3) is 0 Å². The van der Waals surface area contributed by atoms with Gasteiger partial charge < -0.3 is 49.6 Å². The van der Waals surface area contributed by atoms with Gasteiger partial charge in [-0.25, -0.2) is 0 Å². The molecule has 0 bridgehead atoms. The Kier molecular flexibility index (Phi) is 19.2. The Morgan fingerprint density at radius 2 is 0.610 bits per heavy atom. The van der Waals surface area contributed by atoms with Gasteiger partial charge in [-0.3, -0.25) is 0 Å². The molecular formula is C40H94O11Si8. The number of rotatable bonds is 20. The maximum atomic E-state index is 7.68. The topological polar surface area (TPSA) is 102 Å². The zero-order chi connectivity index (χ0) is 46.3. The Labute approximate surface area is 371 Å².